The highest BCUT2D eigenvalue weighted by atomic mass is 16.6. The van der Waals surface area contributed by atoms with Crippen molar-refractivity contribution in [2.75, 3.05) is 18.5 Å². The first-order chi connectivity index (χ1) is 15.4. The van der Waals surface area contributed by atoms with Gasteiger partial charge in [0.2, 0.25) is 0 Å². The van der Waals surface area contributed by atoms with Gasteiger partial charge >= 0.3 is 6.09 Å². The molecule has 2 atom stereocenters. The predicted octanol–water partition coefficient (Wildman–Crippen LogP) is 4.13. The number of nitrogens with one attached hydrogen (secondary N) is 2. The van der Waals surface area contributed by atoms with E-state index in [9.17, 15) is 9.59 Å². The maximum Gasteiger partial charge on any atom is 0.412 e. The topological polar surface area (TPSA) is 117 Å². The molecule has 0 radical (unpaired) electrons. The molecule has 0 bridgehead atoms. The highest BCUT2D eigenvalue weighted by Crippen LogP contribution is 2.35. The molecule has 2 amide bonds. The lowest BCUT2D eigenvalue weighted by Crippen LogP contribution is -2.22. The lowest BCUT2D eigenvalue weighted by Gasteiger charge is -2.26. The summed E-state index contributed by atoms with van der Waals surface area (Å²) < 4.78 is 11.5. The van der Waals surface area contributed by atoms with E-state index in [1.54, 1.807) is 35.8 Å². The molecule has 2 rings (SSSR count). The molecule has 2 aromatic carbocycles. The van der Waals surface area contributed by atoms with Crippen LogP contribution in [0.2, 0.25) is 0 Å². The van der Waals surface area contributed by atoms with Crippen LogP contribution in [0.15, 0.2) is 60.7 Å². The Morgan fingerprint density at radius 3 is 2.53 bits per heavy atom. The summed E-state index contributed by atoms with van der Waals surface area (Å²) in [6.07, 6.45) is 2.79. The van der Waals surface area contributed by atoms with Gasteiger partial charge in [-0.1, -0.05) is 48.9 Å². The second-order valence-corrected chi connectivity index (χ2v) is 7.36. The number of carbonyl (C=O) groups excluding carboxylic acids is 2. The Hall–Kier alpha value is -3.36. The predicted molar refractivity (Wildman–Crippen MR) is 121 cm³/mol. The van der Waals surface area contributed by atoms with Crippen LogP contribution in [0.25, 0.3) is 0 Å². The van der Waals surface area contributed by atoms with Crippen LogP contribution in [-0.4, -0.2) is 35.5 Å². The van der Waals surface area contributed by atoms with Crippen molar-refractivity contribution in [2.24, 2.45) is 5.92 Å². The van der Waals surface area contributed by atoms with Gasteiger partial charge in [0.05, 0.1) is 6.61 Å². The molecule has 8 heteroatoms. The SMILES string of the molecule is Cc1ccc(NC(=O)O[C@@H](c2ccccc2OCCO)[C@@H](C)CC/C=C/C(=O)NO)cc1. The lowest BCUT2D eigenvalue weighted by molar-refractivity contribution is -0.124. The first kappa shape index (κ1) is 24.9. The number of hydrogen-bond acceptors (Lipinski definition) is 6. The number of carbonyl (C=O) groups is 2. The fourth-order valence-corrected chi connectivity index (χ4v) is 3.13. The maximum absolute atomic E-state index is 12.7. The molecule has 0 saturated carbocycles. The molecule has 0 spiro atoms. The molecule has 4 N–H and O–H groups in total. The third-order valence-electron chi connectivity index (χ3n) is 4.79. The van der Waals surface area contributed by atoms with Gasteiger partial charge in [-0.25, -0.2) is 10.3 Å². The van der Waals surface area contributed by atoms with Gasteiger partial charge in [-0.15, -0.1) is 0 Å². The van der Waals surface area contributed by atoms with Gasteiger partial charge in [0.15, 0.2) is 0 Å². The van der Waals surface area contributed by atoms with Crippen molar-refractivity contribution in [3.63, 3.8) is 0 Å². The highest BCUT2D eigenvalue weighted by Gasteiger charge is 2.26. The average molecular weight is 443 g/mol. The van der Waals surface area contributed by atoms with Crippen LogP contribution in [-0.2, 0) is 9.53 Å². The van der Waals surface area contributed by atoms with Crippen molar-refractivity contribution in [1.82, 2.24) is 5.48 Å². The largest absolute Gasteiger partial charge is 0.491 e. The average Bonchev–Trinajstić information content (AvgIpc) is 2.80. The zero-order chi connectivity index (χ0) is 23.3. The Morgan fingerprint density at radius 1 is 1.12 bits per heavy atom. The number of hydrogen-bond donors (Lipinski definition) is 4. The monoisotopic (exact) mass is 442 g/mol. The number of aliphatic hydroxyl groups excluding tert-OH is 1. The van der Waals surface area contributed by atoms with Crippen molar-refractivity contribution in [2.45, 2.75) is 32.8 Å². The fraction of sp³-hybridized carbons (Fsp3) is 0.333. The van der Waals surface area contributed by atoms with Crippen molar-refractivity contribution in [3.8, 4) is 5.75 Å². The lowest BCUT2D eigenvalue weighted by atomic mass is 9.92. The number of allylic oxidation sites excluding steroid dienone is 1. The molecule has 0 saturated heterocycles. The van der Waals surface area contributed by atoms with Gasteiger partial charge in [0, 0.05) is 17.3 Å². The molecule has 0 aliphatic rings. The Bertz CT molecular complexity index is 898. The molecule has 0 fully saturated rings. The number of aryl methyl sites for hydroxylation is 1. The third-order valence-corrected chi connectivity index (χ3v) is 4.79. The molecule has 0 unspecified atom stereocenters. The first-order valence-electron chi connectivity index (χ1n) is 10.4. The quantitative estimate of drug-likeness (QED) is 0.236. The summed E-state index contributed by atoms with van der Waals surface area (Å²) in [7, 11) is 0. The molecular weight excluding hydrogens is 412 g/mol. The van der Waals surface area contributed by atoms with E-state index in [0.29, 0.717) is 29.8 Å². The number of aliphatic hydroxyl groups is 1. The van der Waals surface area contributed by atoms with Crippen LogP contribution in [0, 0.1) is 12.8 Å². The van der Waals surface area contributed by atoms with E-state index in [1.165, 1.54) is 6.08 Å². The highest BCUT2D eigenvalue weighted by molar-refractivity contribution is 5.86. The number of ether oxygens (including phenoxy) is 2. The van der Waals surface area contributed by atoms with Gasteiger partial charge in [-0.05, 0) is 43.9 Å². The van der Waals surface area contributed by atoms with Gasteiger partial charge in [-0.2, -0.15) is 0 Å². The smallest absolute Gasteiger partial charge is 0.412 e. The van der Waals surface area contributed by atoms with Crippen molar-refractivity contribution >= 4 is 17.7 Å². The molecule has 8 nitrogen and oxygen atoms in total. The Morgan fingerprint density at radius 2 is 1.84 bits per heavy atom. The normalized spacial score (nSPS) is 12.8. The van der Waals surface area contributed by atoms with E-state index < -0.39 is 18.1 Å². The summed E-state index contributed by atoms with van der Waals surface area (Å²) in [6, 6.07) is 14.6. The van der Waals surface area contributed by atoms with Crippen molar-refractivity contribution in [1.29, 1.82) is 0 Å². The summed E-state index contributed by atoms with van der Waals surface area (Å²) in [4.78, 5) is 23.8. The fourth-order valence-electron chi connectivity index (χ4n) is 3.13. The van der Waals surface area contributed by atoms with Gasteiger partial charge < -0.3 is 14.6 Å². The molecule has 172 valence electrons. The number of hydroxylamine groups is 1. The van der Waals surface area contributed by atoms with Crippen LogP contribution in [0.4, 0.5) is 10.5 Å². The standard InChI is InChI=1S/C24H30N2O6/c1-17-11-13-19(14-12-17)25-24(29)32-23(18(2)7-3-6-10-22(28)26-30)20-8-4-5-9-21(20)31-16-15-27/h4-6,8-14,18,23,27,30H,3,7,15-16H2,1-2H3,(H,25,29)(H,26,28)/b10-6+/t18-,23+/m0/s1. The molecular formula is C24H30N2O6. The molecule has 32 heavy (non-hydrogen) atoms. The Kier molecular flexibility index (Phi) is 10.2. The minimum Gasteiger partial charge on any atom is -0.491 e. The Balaban J connectivity index is 2.18. The van der Waals surface area contributed by atoms with Gasteiger partial charge in [-0.3, -0.25) is 15.3 Å². The van der Waals surface area contributed by atoms with E-state index in [1.807, 2.05) is 38.1 Å². The zero-order valence-electron chi connectivity index (χ0n) is 18.3. The van der Waals surface area contributed by atoms with E-state index in [-0.39, 0.29) is 19.1 Å². The number of benzene rings is 2. The number of anilines is 1. The van der Waals surface area contributed by atoms with E-state index in [2.05, 4.69) is 5.32 Å². The maximum atomic E-state index is 12.7. The van der Waals surface area contributed by atoms with E-state index in [0.717, 1.165) is 5.56 Å². The summed E-state index contributed by atoms with van der Waals surface area (Å²) >= 11 is 0. The van der Waals surface area contributed by atoms with E-state index in [4.69, 9.17) is 19.8 Å². The number of rotatable bonds is 11. The van der Waals surface area contributed by atoms with Crippen LogP contribution < -0.4 is 15.5 Å². The molecule has 0 aliphatic heterocycles. The minimum absolute atomic E-state index is 0.118. The summed E-state index contributed by atoms with van der Waals surface area (Å²) in [5.74, 6) is -0.207. The molecule has 2 aromatic rings. The van der Waals surface area contributed by atoms with E-state index >= 15 is 0 Å². The minimum atomic E-state index is -0.629. The summed E-state index contributed by atoms with van der Waals surface area (Å²) in [5.41, 5.74) is 3.92. The Labute approximate surface area is 187 Å². The van der Waals surface area contributed by atoms with Crippen molar-refractivity contribution in [3.05, 3.63) is 71.8 Å². The molecule has 0 aromatic heterocycles. The van der Waals surface area contributed by atoms with Gasteiger partial charge in [0.1, 0.15) is 18.5 Å². The van der Waals surface area contributed by atoms with Crippen LogP contribution >= 0.6 is 0 Å². The second kappa shape index (κ2) is 13.1. The second-order valence-electron chi connectivity index (χ2n) is 7.36. The third kappa shape index (κ3) is 8.05. The van der Waals surface area contributed by atoms with Crippen LogP contribution in [0.1, 0.15) is 37.0 Å². The first-order valence-corrected chi connectivity index (χ1v) is 10.4. The number of amides is 2. The molecule has 0 aliphatic carbocycles. The summed E-state index contributed by atoms with van der Waals surface area (Å²) in [6.45, 7) is 3.88. The van der Waals surface area contributed by atoms with Crippen LogP contribution in [0.5, 0.6) is 5.75 Å². The summed E-state index contributed by atoms with van der Waals surface area (Å²) in [5, 5.41) is 20.4. The number of para-hydroxylation sites is 1. The van der Waals surface area contributed by atoms with Gasteiger partial charge in [0.25, 0.3) is 5.91 Å². The molecule has 0 heterocycles. The zero-order valence-corrected chi connectivity index (χ0v) is 18.3. The van der Waals surface area contributed by atoms with Crippen molar-refractivity contribution < 1.29 is 29.4 Å². The van der Waals surface area contributed by atoms with Crippen LogP contribution in [0.3, 0.4) is 0 Å².